The second kappa shape index (κ2) is 19.3. The largest absolute Gasteiger partial charge is 0.466 e. The van der Waals surface area contributed by atoms with E-state index in [1.54, 1.807) is 0 Å². The van der Waals surface area contributed by atoms with Crippen LogP contribution in [-0.4, -0.2) is 52.2 Å². The van der Waals surface area contributed by atoms with Gasteiger partial charge in [-0.05, 0) is 37.0 Å². The van der Waals surface area contributed by atoms with E-state index in [4.69, 9.17) is 18.9 Å². The normalized spacial score (nSPS) is 12.9. The van der Waals surface area contributed by atoms with Crippen molar-refractivity contribution in [2.24, 2.45) is 11.3 Å². The van der Waals surface area contributed by atoms with Crippen LogP contribution < -0.4 is 0 Å². The van der Waals surface area contributed by atoms with E-state index in [-0.39, 0.29) is 5.97 Å². The van der Waals surface area contributed by atoms with Crippen LogP contribution in [0, 0.1) is 11.3 Å². The van der Waals surface area contributed by atoms with Gasteiger partial charge in [-0.25, -0.2) is 0 Å². The molecule has 174 valence electrons. The Balaban J connectivity index is 3.27. The molecule has 0 spiro atoms. The van der Waals surface area contributed by atoms with Crippen LogP contribution in [-0.2, 0) is 23.7 Å². The fraction of sp³-hybridized carbons (Fsp3) is 0.958. The van der Waals surface area contributed by atoms with E-state index < -0.39 is 0 Å². The predicted octanol–water partition coefficient (Wildman–Crippen LogP) is 5.79. The molecule has 29 heavy (non-hydrogen) atoms. The van der Waals surface area contributed by atoms with E-state index in [9.17, 15) is 4.79 Å². The van der Waals surface area contributed by atoms with Crippen molar-refractivity contribution in [3.05, 3.63) is 0 Å². The van der Waals surface area contributed by atoms with Gasteiger partial charge in [0, 0.05) is 19.6 Å². The Bertz CT molecular complexity index is 365. The zero-order valence-corrected chi connectivity index (χ0v) is 19.9. The molecule has 0 bridgehead atoms. The van der Waals surface area contributed by atoms with Gasteiger partial charge in [0.25, 0.3) is 0 Å². The molecule has 1 atom stereocenters. The quantitative estimate of drug-likeness (QED) is 0.186. The van der Waals surface area contributed by atoms with Crippen molar-refractivity contribution in [3.8, 4) is 0 Å². The molecule has 0 aliphatic rings. The fourth-order valence-electron chi connectivity index (χ4n) is 3.26. The second-order valence-corrected chi connectivity index (χ2v) is 9.23. The highest BCUT2D eigenvalue weighted by Crippen LogP contribution is 2.25. The molecule has 0 aliphatic carbocycles. The SMILES string of the molecule is CCCCCCCOCCOCCOCCCC(=O)OCCC(C)CC(C)(C)C. The molecule has 5 heteroatoms. The number of esters is 1. The summed E-state index contributed by atoms with van der Waals surface area (Å²) in [5.74, 6) is 0.446. The molecular formula is C24H48O5. The van der Waals surface area contributed by atoms with E-state index in [0.29, 0.717) is 63.8 Å². The average Bonchev–Trinajstić information content (AvgIpc) is 2.63. The Morgan fingerprint density at radius 1 is 0.759 bits per heavy atom. The number of hydrogen-bond acceptors (Lipinski definition) is 5. The molecule has 0 aromatic heterocycles. The van der Waals surface area contributed by atoms with Crippen molar-refractivity contribution >= 4 is 5.97 Å². The minimum absolute atomic E-state index is 0.125. The van der Waals surface area contributed by atoms with Gasteiger partial charge in [0.15, 0.2) is 0 Å². The molecule has 5 nitrogen and oxygen atoms in total. The van der Waals surface area contributed by atoms with Crippen LogP contribution >= 0.6 is 0 Å². The van der Waals surface area contributed by atoms with Gasteiger partial charge in [0.1, 0.15) is 0 Å². The summed E-state index contributed by atoms with van der Waals surface area (Å²) in [6, 6.07) is 0. The summed E-state index contributed by atoms with van der Waals surface area (Å²) >= 11 is 0. The Morgan fingerprint density at radius 2 is 1.31 bits per heavy atom. The first kappa shape index (κ1) is 28.4. The van der Waals surface area contributed by atoms with Crippen molar-refractivity contribution in [3.63, 3.8) is 0 Å². The van der Waals surface area contributed by atoms with E-state index in [1.165, 1.54) is 25.7 Å². The van der Waals surface area contributed by atoms with Crippen molar-refractivity contribution in [2.45, 2.75) is 92.4 Å². The Labute approximate surface area is 180 Å². The molecule has 0 N–H and O–H groups in total. The summed E-state index contributed by atoms with van der Waals surface area (Å²) < 4.78 is 21.8. The average molecular weight is 417 g/mol. The van der Waals surface area contributed by atoms with Gasteiger partial charge in [-0.15, -0.1) is 0 Å². The minimum Gasteiger partial charge on any atom is -0.466 e. The van der Waals surface area contributed by atoms with Gasteiger partial charge in [-0.1, -0.05) is 60.3 Å². The maximum atomic E-state index is 11.7. The molecule has 0 saturated heterocycles. The van der Waals surface area contributed by atoms with Crippen LogP contribution in [0.2, 0.25) is 0 Å². The zero-order chi connectivity index (χ0) is 21.8. The number of unbranched alkanes of at least 4 members (excludes halogenated alkanes) is 4. The molecule has 0 heterocycles. The molecule has 0 aliphatic heterocycles. The predicted molar refractivity (Wildman–Crippen MR) is 119 cm³/mol. The minimum atomic E-state index is -0.125. The van der Waals surface area contributed by atoms with Gasteiger partial charge in [0.2, 0.25) is 0 Å². The number of rotatable bonds is 20. The first-order chi connectivity index (χ1) is 13.8. The first-order valence-corrected chi connectivity index (χ1v) is 11.7. The van der Waals surface area contributed by atoms with Crippen LogP contribution in [0.4, 0.5) is 0 Å². The topological polar surface area (TPSA) is 54.0 Å². The van der Waals surface area contributed by atoms with Crippen molar-refractivity contribution in [1.82, 2.24) is 0 Å². The van der Waals surface area contributed by atoms with E-state index in [1.807, 2.05) is 0 Å². The third-order valence-electron chi connectivity index (χ3n) is 4.64. The van der Waals surface area contributed by atoms with Crippen LogP contribution in [0.5, 0.6) is 0 Å². The summed E-state index contributed by atoms with van der Waals surface area (Å²) in [5.41, 5.74) is 0.325. The summed E-state index contributed by atoms with van der Waals surface area (Å²) in [5, 5.41) is 0. The van der Waals surface area contributed by atoms with Crippen LogP contribution in [0.15, 0.2) is 0 Å². The number of ether oxygens (including phenoxy) is 4. The fourth-order valence-corrected chi connectivity index (χ4v) is 3.26. The smallest absolute Gasteiger partial charge is 0.305 e. The Kier molecular flexibility index (Phi) is 18.9. The highest BCUT2D eigenvalue weighted by molar-refractivity contribution is 5.69. The van der Waals surface area contributed by atoms with Gasteiger partial charge < -0.3 is 18.9 Å². The Morgan fingerprint density at radius 3 is 1.90 bits per heavy atom. The molecule has 0 radical (unpaired) electrons. The first-order valence-electron chi connectivity index (χ1n) is 11.7. The highest BCUT2D eigenvalue weighted by atomic mass is 16.5. The molecule has 0 aromatic carbocycles. The summed E-state index contributed by atoms with van der Waals surface area (Å²) in [7, 11) is 0. The molecule has 0 aromatic rings. The molecule has 0 fully saturated rings. The molecule has 1 unspecified atom stereocenters. The molecule has 0 amide bonds. The van der Waals surface area contributed by atoms with Crippen molar-refractivity contribution < 1.29 is 23.7 Å². The van der Waals surface area contributed by atoms with Crippen LogP contribution in [0.25, 0.3) is 0 Å². The third-order valence-corrected chi connectivity index (χ3v) is 4.64. The van der Waals surface area contributed by atoms with E-state index in [2.05, 4.69) is 34.6 Å². The summed E-state index contributed by atoms with van der Waals surface area (Å²) in [4.78, 5) is 11.7. The van der Waals surface area contributed by atoms with Crippen LogP contribution in [0.1, 0.15) is 92.4 Å². The Hall–Kier alpha value is -0.650. The third kappa shape index (κ3) is 23.5. The number of carbonyl (C=O) groups excluding carboxylic acids is 1. The highest BCUT2D eigenvalue weighted by Gasteiger charge is 2.15. The van der Waals surface area contributed by atoms with Gasteiger partial charge >= 0.3 is 5.97 Å². The van der Waals surface area contributed by atoms with Gasteiger partial charge in [0.05, 0.1) is 33.0 Å². The molecule has 0 rings (SSSR count). The monoisotopic (exact) mass is 416 g/mol. The second-order valence-electron chi connectivity index (χ2n) is 9.23. The summed E-state index contributed by atoms with van der Waals surface area (Å²) in [6.45, 7) is 15.4. The van der Waals surface area contributed by atoms with Gasteiger partial charge in [-0.3, -0.25) is 4.79 Å². The van der Waals surface area contributed by atoms with Crippen molar-refractivity contribution in [2.75, 3.05) is 46.2 Å². The number of hydrogen-bond donors (Lipinski definition) is 0. The maximum absolute atomic E-state index is 11.7. The lowest BCUT2D eigenvalue weighted by Crippen LogP contribution is -2.14. The molecule has 0 saturated carbocycles. The van der Waals surface area contributed by atoms with E-state index >= 15 is 0 Å². The zero-order valence-electron chi connectivity index (χ0n) is 19.9. The standard InChI is InChI=1S/C24H48O5/c1-6-7-8-9-10-14-26-17-19-28-20-18-27-15-11-12-23(25)29-16-13-22(2)21-24(3,4)5/h22H,6-21H2,1-5H3. The van der Waals surface area contributed by atoms with Crippen LogP contribution in [0.3, 0.4) is 0 Å². The van der Waals surface area contributed by atoms with Crippen molar-refractivity contribution in [1.29, 1.82) is 0 Å². The van der Waals surface area contributed by atoms with Gasteiger partial charge in [-0.2, -0.15) is 0 Å². The summed E-state index contributed by atoms with van der Waals surface area (Å²) in [6.07, 6.45) is 9.48. The maximum Gasteiger partial charge on any atom is 0.305 e. The molecular weight excluding hydrogens is 368 g/mol. The lowest BCUT2D eigenvalue weighted by Gasteiger charge is -2.22. The lowest BCUT2D eigenvalue weighted by molar-refractivity contribution is -0.144. The lowest BCUT2D eigenvalue weighted by atomic mass is 9.84. The van der Waals surface area contributed by atoms with E-state index in [0.717, 1.165) is 25.9 Å². The number of carbonyl (C=O) groups is 1.